The average Bonchev–Trinajstić information content (AvgIpc) is 2.99. The number of ether oxygens (including phenoxy) is 3. The van der Waals surface area contributed by atoms with Gasteiger partial charge in [-0.05, 0) is 55.5 Å². The molecule has 42 heavy (non-hydrogen) atoms. The van der Waals surface area contributed by atoms with E-state index in [2.05, 4.69) is 10.3 Å². The average molecular weight is 575 g/mol. The lowest BCUT2D eigenvalue weighted by Crippen LogP contribution is -2.42. The van der Waals surface area contributed by atoms with Crippen molar-refractivity contribution in [2.24, 2.45) is 0 Å². The Morgan fingerprint density at radius 3 is 2.29 bits per heavy atom. The molecule has 2 heterocycles. The van der Waals surface area contributed by atoms with Gasteiger partial charge in [0.05, 0.1) is 25.4 Å². The number of hydrogen-bond acceptors (Lipinski definition) is 7. The third-order valence-corrected chi connectivity index (χ3v) is 6.44. The summed E-state index contributed by atoms with van der Waals surface area (Å²) < 4.78 is 47.0. The van der Waals surface area contributed by atoms with Gasteiger partial charge in [0, 0.05) is 42.1 Å². The summed E-state index contributed by atoms with van der Waals surface area (Å²) in [5, 5.41) is 3.03. The number of amides is 1. The number of nitrogens with one attached hydrogen (secondary N) is 1. The van der Waals surface area contributed by atoms with Crippen LogP contribution in [0.5, 0.6) is 23.0 Å². The number of carbonyl (C=O) groups is 1. The molecule has 5 rings (SSSR count). The highest BCUT2D eigenvalue weighted by Crippen LogP contribution is 2.37. The monoisotopic (exact) mass is 574 g/mol. The van der Waals surface area contributed by atoms with E-state index in [0.717, 1.165) is 29.0 Å². The maximum absolute atomic E-state index is 15.1. The van der Waals surface area contributed by atoms with E-state index >= 15 is 4.39 Å². The summed E-state index contributed by atoms with van der Waals surface area (Å²) in [7, 11) is 2.99. The Balaban J connectivity index is 1.44. The lowest BCUT2D eigenvalue weighted by molar-refractivity contribution is 0.102. The number of pyridine rings is 1. The fourth-order valence-electron chi connectivity index (χ4n) is 4.32. The van der Waals surface area contributed by atoms with E-state index in [9.17, 15) is 18.8 Å². The molecule has 0 spiro atoms. The molecule has 1 amide bonds. The molecule has 5 aromatic rings. The molecule has 0 bridgehead atoms. The van der Waals surface area contributed by atoms with Crippen LogP contribution >= 0.6 is 0 Å². The fraction of sp³-hybridized carbons (Fsp3) is 0.133. The summed E-state index contributed by atoms with van der Waals surface area (Å²) in [6.45, 7) is 1.82. The van der Waals surface area contributed by atoms with Gasteiger partial charge in [-0.3, -0.25) is 19.1 Å². The molecule has 0 radical (unpaired) electrons. The summed E-state index contributed by atoms with van der Waals surface area (Å²) in [4.78, 5) is 43.4. The second kappa shape index (κ2) is 11.5. The zero-order chi connectivity index (χ0) is 30.0. The molecule has 0 saturated carbocycles. The van der Waals surface area contributed by atoms with Crippen molar-refractivity contribution in [3.8, 4) is 28.7 Å². The summed E-state index contributed by atoms with van der Waals surface area (Å²) >= 11 is 0. The van der Waals surface area contributed by atoms with Crippen LogP contribution in [0.2, 0.25) is 0 Å². The van der Waals surface area contributed by atoms with Gasteiger partial charge in [-0.25, -0.2) is 18.1 Å². The van der Waals surface area contributed by atoms with Crippen LogP contribution in [0.3, 0.4) is 0 Å². The highest BCUT2D eigenvalue weighted by Gasteiger charge is 2.20. The van der Waals surface area contributed by atoms with Crippen LogP contribution in [-0.2, 0) is 6.54 Å². The van der Waals surface area contributed by atoms with E-state index < -0.39 is 28.8 Å². The second-order valence-corrected chi connectivity index (χ2v) is 8.96. The number of rotatable bonds is 8. The summed E-state index contributed by atoms with van der Waals surface area (Å²) in [5.74, 6) is -1.13. The van der Waals surface area contributed by atoms with Crippen molar-refractivity contribution in [2.45, 2.75) is 13.5 Å². The van der Waals surface area contributed by atoms with Gasteiger partial charge < -0.3 is 19.5 Å². The first-order valence-corrected chi connectivity index (χ1v) is 12.7. The molecule has 10 nitrogen and oxygen atoms in total. The molecule has 0 fully saturated rings. The van der Waals surface area contributed by atoms with Gasteiger partial charge >= 0.3 is 5.69 Å². The van der Waals surface area contributed by atoms with E-state index in [1.54, 1.807) is 25.1 Å². The highest BCUT2D eigenvalue weighted by atomic mass is 19.1. The van der Waals surface area contributed by atoms with E-state index in [0.29, 0.717) is 28.2 Å². The topological polar surface area (TPSA) is 114 Å². The quantitative estimate of drug-likeness (QED) is 0.280. The number of halogens is 2. The Morgan fingerprint density at radius 2 is 1.62 bits per heavy atom. The van der Waals surface area contributed by atoms with Gasteiger partial charge in [-0.2, -0.15) is 0 Å². The third kappa shape index (κ3) is 5.29. The first-order valence-electron chi connectivity index (χ1n) is 12.7. The number of carbonyl (C=O) groups excluding carboxylic acids is 1. The van der Waals surface area contributed by atoms with E-state index in [4.69, 9.17) is 14.2 Å². The number of hydrogen-bond donors (Lipinski definition) is 1. The number of nitrogens with zero attached hydrogens (tertiary/aromatic N) is 3. The van der Waals surface area contributed by atoms with Crippen LogP contribution in [0.25, 0.3) is 16.6 Å². The van der Waals surface area contributed by atoms with Crippen molar-refractivity contribution in [1.29, 1.82) is 0 Å². The molecule has 0 unspecified atom stereocenters. The molecular formula is C30H24F2N4O6. The molecule has 1 N–H and O–H groups in total. The van der Waals surface area contributed by atoms with Gasteiger partial charge in [0.2, 0.25) is 0 Å². The molecule has 0 saturated heterocycles. The zero-order valence-corrected chi connectivity index (χ0v) is 22.7. The van der Waals surface area contributed by atoms with Crippen molar-refractivity contribution in [3.63, 3.8) is 0 Å². The Labute approximate surface area is 237 Å². The molecule has 0 aliphatic carbocycles. The minimum Gasteiger partial charge on any atom is -0.493 e. The van der Waals surface area contributed by atoms with Crippen LogP contribution in [0.4, 0.5) is 14.5 Å². The smallest absolute Gasteiger partial charge is 0.335 e. The summed E-state index contributed by atoms with van der Waals surface area (Å²) in [6, 6.07) is 13.4. The van der Waals surface area contributed by atoms with E-state index in [1.807, 2.05) is 0 Å². The zero-order valence-electron chi connectivity index (χ0n) is 22.7. The molecule has 214 valence electrons. The molecule has 12 heteroatoms. The standard InChI is InChI=1S/C30H24F2N4O6/c1-4-35-16-21(29(38)36(30(35)39)19-8-5-17(31)6-9-19)28(37)34-18-7-10-25(22(32)13-18)42-24-11-12-33-23-15-27(41-3)26(40-2)14-20(23)24/h5-16H,4H2,1-3H3,(H,34,37). The lowest BCUT2D eigenvalue weighted by atomic mass is 10.1. The van der Waals surface area contributed by atoms with Crippen molar-refractivity contribution < 1.29 is 27.8 Å². The van der Waals surface area contributed by atoms with Crippen LogP contribution < -0.4 is 30.8 Å². The number of anilines is 1. The van der Waals surface area contributed by atoms with Crippen LogP contribution in [0.1, 0.15) is 17.3 Å². The Morgan fingerprint density at radius 1 is 0.905 bits per heavy atom. The number of benzene rings is 3. The first kappa shape index (κ1) is 28.0. The maximum atomic E-state index is 15.1. The van der Waals surface area contributed by atoms with Crippen molar-refractivity contribution >= 4 is 22.5 Å². The molecule has 0 atom stereocenters. The number of methoxy groups -OCH3 is 2. The minimum absolute atomic E-state index is 0.0397. The molecule has 2 aromatic heterocycles. The molecule has 3 aromatic carbocycles. The van der Waals surface area contributed by atoms with E-state index in [-0.39, 0.29) is 29.2 Å². The normalized spacial score (nSPS) is 10.9. The van der Waals surface area contributed by atoms with Gasteiger partial charge in [-0.1, -0.05) is 0 Å². The Hall–Kier alpha value is -5.52. The summed E-state index contributed by atoms with van der Waals surface area (Å²) in [6.07, 6.45) is 2.64. The van der Waals surface area contributed by atoms with Crippen LogP contribution in [0.15, 0.2) is 82.6 Å². The minimum atomic E-state index is -0.911. The van der Waals surface area contributed by atoms with Gasteiger partial charge in [0.25, 0.3) is 11.5 Å². The largest absolute Gasteiger partial charge is 0.493 e. The van der Waals surface area contributed by atoms with Crippen LogP contribution in [-0.4, -0.2) is 34.2 Å². The number of aryl methyl sites for hydroxylation is 1. The van der Waals surface area contributed by atoms with Gasteiger partial charge in [0.15, 0.2) is 23.1 Å². The Bertz CT molecular complexity index is 1940. The predicted octanol–water partition coefficient (Wildman–Crippen LogP) is 4.91. The van der Waals surface area contributed by atoms with E-state index in [1.165, 1.54) is 49.2 Å². The van der Waals surface area contributed by atoms with Crippen molar-refractivity contribution in [1.82, 2.24) is 14.1 Å². The van der Waals surface area contributed by atoms with Crippen LogP contribution in [0, 0.1) is 11.6 Å². The molecule has 0 aliphatic rings. The highest BCUT2D eigenvalue weighted by molar-refractivity contribution is 6.04. The fourth-order valence-corrected chi connectivity index (χ4v) is 4.32. The van der Waals surface area contributed by atoms with Gasteiger partial charge in [0.1, 0.15) is 17.1 Å². The molecule has 0 aliphatic heterocycles. The predicted molar refractivity (Wildman–Crippen MR) is 151 cm³/mol. The summed E-state index contributed by atoms with van der Waals surface area (Å²) in [5.41, 5.74) is -1.31. The maximum Gasteiger partial charge on any atom is 0.335 e. The lowest BCUT2D eigenvalue weighted by Gasteiger charge is -2.14. The third-order valence-electron chi connectivity index (χ3n) is 6.44. The van der Waals surface area contributed by atoms with Crippen molar-refractivity contribution in [2.75, 3.05) is 19.5 Å². The number of fused-ring (bicyclic) bond motifs is 1. The SMILES string of the molecule is CCn1cc(C(=O)Nc2ccc(Oc3ccnc4cc(OC)c(OC)cc34)c(F)c2)c(=O)n(-c2ccc(F)cc2)c1=O. The second-order valence-electron chi connectivity index (χ2n) is 8.96. The van der Waals surface area contributed by atoms with Gasteiger partial charge in [-0.15, -0.1) is 0 Å². The van der Waals surface area contributed by atoms with Crippen molar-refractivity contribution in [3.05, 3.63) is 111 Å². The number of aromatic nitrogens is 3. The molecular weight excluding hydrogens is 550 g/mol. The Kier molecular flexibility index (Phi) is 7.69. The first-order chi connectivity index (χ1) is 20.2.